The molecule has 0 fully saturated rings. The van der Waals surface area contributed by atoms with E-state index in [0.717, 1.165) is 5.56 Å². The minimum Gasteiger partial charge on any atom is -0.481 e. The quantitative estimate of drug-likeness (QED) is 0.457. The molecule has 0 atom stereocenters. The van der Waals surface area contributed by atoms with Crippen molar-refractivity contribution in [3.63, 3.8) is 0 Å². The number of rotatable bonds is 7. The van der Waals surface area contributed by atoms with Gasteiger partial charge in [0, 0.05) is 18.2 Å². The van der Waals surface area contributed by atoms with Gasteiger partial charge < -0.3 is 24.9 Å². The van der Waals surface area contributed by atoms with Crippen molar-refractivity contribution in [1.82, 2.24) is 4.98 Å². The summed E-state index contributed by atoms with van der Waals surface area (Å²) in [5, 5.41) is 13.6. The Bertz CT molecular complexity index is 837. The van der Waals surface area contributed by atoms with Crippen LogP contribution in [0, 0.1) is 17.0 Å². The van der Waals surface area contributed by atoms with Crippen molar-refractivity contribution in [2.75, 3.05) is 11.9 Å². The number of pyridine rings is 1. The predicted molar refractivity (Wildman–Crippen MR) is 91.7 cm³/mol. The van der Waals surface area contributed by atoms with E-state index in [1.807, 2.05) is 13.0 Å². The Morgan fingerprint density at radius 2 is 2.04 bits per heavy atom. The lowest BCUT2D eigenvalue weighted by Gasteiger charge is -2.14. The van der Waals surface area contributed by atoms with Gasteiger partial charge in [-0.05, 0) is 40.6 Å². The summed E-state index contributed by atoms with van der Waals surface area (Å²) in [6.07, 6.45) is 1.30. The Morgan fingerprint density at radius 1 is 1.27 bits per heavy atom. The lowest BCUT2D eigenvalue weighted by molar-refractivity contribution is -0.390. The third kappa shape index (κ3) is 5.00. The summed E-state index contributed by atoms with van der Waals surface area (Å²) >= 11 is 0. The van der Waals surface area contributed by atoms with Crippen molar-refractivity contribution in [3.8, 4) is 5.75 Å². The van der Waals surface area contributed by atoms with Crippen molar-refractivity contribution in [2.24, 2.45) is 0 Å². The molecule has 26 heavy (non-hydrogen) atoms. The molecule has 1 aromatic heterocycles. The normalized spacial score (nSPS) is 10.1. The van der Waals surface area contributed by atoms with Crippen molar-refractivity contribution in [2.45, 2.75) is 20.5 Å². The molecule has 0 saturated heterocycles. The molecule has 2 aromatic rings. The van der Waals surface area contributed by atoms with E-state index in [2.05, 4.69) is 15.0 Å². The van der Waals surface area contributed by atoms with Crippen molar-refractivity contribution in [1.29, 1.82) is 0 Å². The molecular weight excluding hydrogens is 342 g/mol. The van der Waals surface area contributed by atoms with Crippen LogP contribution in [-0.4, -0.2) is 28.4 Å². The summed E-state index contributed by atoms with van der Waals surface area (Å²) in [6.45, 7) is 2.61. The first-order valence-corrected chi connectivity index (χ1v) is 7.62. The number of anilines is 1. The molecular formula is C17H17N3O6. The van der Waals surface area contributed by atoms with Gasteiger partial charge in [-0.1, -0.05) is 12.1 Å². The Kier molecular flexibility index (Phi) is 6.20. The van der Waals surface area contributed by atoms with Gasteiger partial charge in [-0.3, -0.25) is 9.59 Å². The van der Waals surface area contributed by atoms with E-state index in [1.165, 1.54) is 25.3 Å². The largest absolute Gasteiger partial charge is 0.481 e. The standard InChI is InChI=1S/C17H17N3O6/c1-11-5-3-6-14(19-16(22)10-25-12(2)21)13(11)9-26-15-7-4-8-18-17(15)20(23)24/h3-8H,9-10H2,1-2H3,(H,19,22). The number of esters is 1. The van der Waals surface area contributed by atoms with Gasteiger partial charge in [0.25, 0.3) is 5.91 Å². The van der Waals surface area contributed by atoms with Crippen molar-refractivity contribution >= 4 is 23.4 Å². The number of nitro groups is 1. The average Bonchev–Trinajstić information content (AvgIpc) is 2.59. The fraction of sp³-hybridized carbons (Fsp3) is 0.235. The van der Waals surface area contributed by atoms with Crippen LogP contribution < -0.4 is 10.1 Å². The molecule has 9 nitrogen and oxygen atoms in total. The second-order valence-electron chi connectivity index (χ2n) is 5.30. The smallest absolute Gasteiger partial charge is 0.406 e. The van der Waals surface area contributed by atoms with Gasteiger partial charge in [-0.25, -0.2) is 0 Å². The molecule has 0 aliphatic heterocycles. The summed E-state index contributed by atoms with van der Waals surface area (Å²) in [4.78, 5) is 36.7. The molecule has 1 aromatic carbocycles. The molecule has 1 N–H and O–H groups in total. The molecule has 136 valence electrons. The van der Waals surface area contributed by atoms with Crippen LogP contribution in [0.1, 0.15) is 18.1 Å². The number of carbonyl (C=O) groups excluding carboxylic acids is 2. The van der Waals surface area contributed by atoms with Gasteiger partial charge in [0.15, 0.2) is 6.61 Å². The number of hydrogen-bond donors (Lipinski definition) is 1. The second kappa shape index (κ2) is 8.56. The van der Waals surface area contributed by atoms with Crippen LogP contribution in [0.5, 0.6) is 5.75 Å². The molecule has 1 amide bonds. The number of aryl methyl sites for hydroxylation is 1. The van der Waals surface area contributed by atoms with Crippen LogP contribution in [0.25, 0.3) is 0 Å². The minimum atomic E-state index is -0.630. The number of amides is 1. The SMILES string of the molecule is CC(=O)OCC(=O)Nc1cccc(C)c1COc1cccnc1[N+](=O)[O-]. The molecule has 1 heterocycles. The highest BCUT2D eigenvalue weighted by Gasteiger charge is 2.17. The maximum Gasteiger partial charge on any atom is 0.406 e. The second-order valence-corrected chi connectivity index (χ2v) is 5.30. The molecule has 0 radical (unpaired) electrons. The van der Waals surface area contributed by atoms with Crippen LogP contribution in [0.4, 0.5) is 11.5 Å². The molecule has 0 spiro atoms. The van der Waals surface area contributed by atoms with Gasteiger partial charge >= 0.3 is 11.8 Å². The van der Waals surface area contributed by atoms with Gasteiger partial charge in [0.05, 0.1) is 0 Å². The Hall–Kier alpha value is -3.49. The predicted octanol–water partition coefficient (Wildman–Crippen LogP) is 2.38. The van der Waals surface area contributed by atoms with Crippen LogP contribution >= 0.6 is 0 Å². The van der Waals surface area contributed by atoms with E-state index >= 15 is 0 Å². The van der Waals surface area contributed by atoms with Gasteiger partial charge in [-0.15, -0.1) is 0 Å². The van der Waals surface area contributed by atoms with E-state index < -0.39 is 23.4 Å². The fourth-order valence-electron chi connectivity index (χ4n) is 2.15. The first-order valence-electron chi connectivity index (χ1n) is 7.62. The zero-order valence-corrected chi connectivity index (χ0v) is 14.2. The first-order chi connectivity index (χ1) is 12.4. The summed E-state index contributed by atoms with van der Waals surface area (Å²) in [7, 11) is 0. The topological polar surface area (TPSA) is 121 Å². The molecule has 0 bridgehead atoms. The lowest BCUT2D eigenvalue weighted by Crippen LogP contribution is -2.21. The molecule has 0 aliphatic rings. The Morgan fingerprint density at radius 3 is 2.73 bits per heavy atom. The summed E-state index contributed by atoms with van der Waals surface area (Å²) in [5.41, 5.74) is 1.93. The van der Waals surface area contributed by atoms with Crippen molar-refractivity contribution in [3.05, 3.63) is 57.8 Å². The zero-order chi connectivity index (χ0) is 19.1. The highest BCUT2D eigenvalue weighted by atomic mass is 16.6. The minimum absolute atomic E-state index is 0.0115. The maximum absolute atomic E-state index is 11.9. The zero-order valence-electron chi connectivity index (χ0n) is 14.2. The Labute approximate surface area is 149 Å². The van der Waals surface area contributed by atoms with Crippen LogP contribution in [0.3, 0.4) is 0 Å². The third-order valence-corrected chi connectivity index (χ3v) is 3.39. The number of nitrogens with one attached hydrogen (secondary N) is 1. The number of ether oxygens (including phenoxy) is 2. The molecule has 2 rings (SSSR count). The van der Waals surface area contributed by atoms with E-state index in [-0.39, 0.29) is 18.2 Å². The van der Waals surface area contributed by atoms with Gasteiger partial charge in [-0.2, -0.15) is 0 Å². The number of hydrogen-bond acceptors (Lipinski definition) is 7. The molecule has 0 aliphatic carbocycles. The van der Waals surface area contributed by atoms with Crippen LogP contribution in [-0.2, 0) is 20.9 Å². The van der Waals surface area contributed by atoms with Gasteiger partial charge in [0.1, 0.15) is 12.8 Å². The van der Waals surface area contributed by atoms with E-state index in [4.69, 9.17) is 4.74 Å². The highest BCUT2D eigenvalue weighted by Crippen LogP contribution is 2.26. The summed E-state index contributed by atoms with van der Waals surface area (Å²) in [5.74, 6) is -1.42. The fourth-order valence-corrected chi connectivity index (χ4v) is 2.15. The van der Waals surface area contributed by atoms with Gasteiger partial charge in [0.2, 0.25) is 5.75 Å². The van der Waals surface area contributed by atoms with Crippen LogP contribution in [0.2, 0.25) is 0 Å². The Balaban J connectivity index is 2.16. The highest BCUT2D eigenvalue weighted by molar-refractivity contribution is 5.93. The lowest BCUT2D eigenvalue weighted by atomic mass is 10.1. The molecule has 0 saturated carbocycles. The van der Waals surface area contributed by atoms with Crippen molar-refractivity contribution < 1.29 is 24.0 Å². The monoisotopic (exact) mass is 359 g/mol. The van der Waals surface area contributed by atoms with E-state index in [1.54, 1.807) is 12.1 Å². The van der Waals surface area contributed by atoms with E-state index in [9.17, 15) is 19.7 Å². The van der Waals surface area contributed by atoms with Crippen LogP contribution in [0.15, 0.2) is 36.5 Å². The summed E-state index contributed by atoms with van der Waals surface area (Å²) in [6, 6.07) is 8.20. The summed E-state index contributed by atoms with van der Waals surface area (Å²) < 4.78 is 10.2. The number of carbonyl (C=O) groups is 2. The molecule has 9 heteroatoms. The van der Waals surface area contributed by atoms with E-state index in [0.29, 0.717) is 11.3 Å². The first kappa shape index (κ1) is 18.8. The average molecular weight is 359 g/mol. The number of aromatic nitrogens is 1. The number of benzene rings is 1. The third-order valence-electron chi connectivity index (χ3n) is 3.39. The maximum atomic E-state index is 11.9. The number of nitrogens with zero attached hydrogens (tertiary/aromatic N) is 2. The molecule has 0 unspecified atom stereocenters.